The Labute approximate surface area is 134 Å². The van der Waals surface area contributed by atoms with Crippen molar-refractivity contribution in [3.8, 4) is 0 Å². The van der Waals surface area contributed by atoms with Crippen molar-refractivity contribution >= 4 is 37.6 Å². The third-order valence-electron chi connectivity index (χ3n) is 3.94. The largest absolute Gasteiger partial charge is 0.243 e. The Morgan fingerprint density at radius 3 is 2.55 bits per heavy atom. The molecule has 1 saturated carbocycles. The lowest BCUT2D eigenvalue weighted by Crippen LogP contribution is -2.34. The van der Waals surface area contributed by atoms with Gasteiger partial charge in [-0.25, -0.2) is 12.7 Å². The summed E-state index contributed by atoms with van der Waals surface area (Å²) in [5.74, 6) is 0.808. The molecule has 0 aromatic heterocycles. The van der Waals surface area contributed by atoms with Crippen LogP contribution in [0.25, 0.3) is 0 Å². The van der Waals surface area contributed by atoms with Gasteiger partial charge >= 0.3 is 0 Å². The van der Waals surface area contributed by atoms with Crippen molar-refractivity contribution in [1.29, 1.82) is 0 Å². The molecule has 1 aliphatic carbocycles. The van der Waals surface area contributed by atoms with E-state index in [1.54, 1.807) is 13.1 Å². The molecule has 0 aliphatic heterocycles. The molecule has 0 saturated heterocycles. The summed E-state index contributed by atoms with van der Waals surface area (Å²) in [6.07, 6.45) is 3.47. The second kappa shape index (κ2) is 6.34. The van der Waals surface area contributed by atoms with Crippen LogP contribution in [0.2, 0.25) is 0 Å². The summed E-state index contributed by atoms with van der Waals surface area (Å²) in [6, 6.07) is 3.55. The van der Waals surface area contributed by atoms with Gasteiger partial charge in [-0.3, -0.25) is 0 Å². The molecule has 0 bridgehead atoms. The van der Waals surface area contributed by atoms with E-state index in [0.717, 1.165) is 28.4 Å². The predicted octanol–water partition coefficient (Wildman–Crippen LogP) is 3.92. The van der Waals surface area contributed by atoms with E-state index in [9.17, 15) is 8.42 Å². The molecule has 1 aliphatic rings. The second-order valence-electron chi connectivity index (χ2n) is 5.42. The molecule has 112 valence electrons. The van der Waals surface area contributed by atoms with Gasteiger partial charge in [0.1, 0.15) is 0 Å². The molecule has 0 spiro atoms. The molecule has 0 unspecified atom stereocenters. The van der Waals surface area contributed by atoms with Crippen molar-refractivity contribution in [2.45, 2.75) is 37.0 Å². The minimum Gasteiger partial charge on any atom is -0.207 e. The summed E-state index contributed by atoms with van der Waals surface area (Å²) in [7, 11) is -1.79. The minimum atomic E-state index is -3.45. The Morgan fingerprint density at radius 2 is 2.05 bits per heavy atom. The highest BCUT2D eigenvalue weighted by atomic mass is 79.9. The number of nitrogens with zero attached hydrogens (tertiary/aromatic N) is 1. The van der Waals surface area contributed by atoms with E-state index in [1.807, 2.05) is 13.0 Å². The fourth-order valence-corrected chi connectivity index (χ4v) is 4.69. The zero-order valence-corrected chi connectivity index (χ0v) is 14.9. The molecule has 20 heavy (non-hydrogen) atoms. The van der Waals surface area contributed by atoms with Crippen LogP contribution in [0.15, 0.2) is 21.5 Å². The van der Waals surface area contributed by atoms with E-state index in [0.29, 0.717) is 23.2 Å². The van der Waals surface area contributed by atoms with Crippen LogP contribution in [-0.4, -0.2) is 26.3 Å². The molecule has 3 nitrogen and oxygen atoms in total. The lowest BCUT2D eigenvalue weighted by molar-refractivity contribution is 0.263. The quantitative estimate of drug-likeness (QED) is 0.726. The first-order chi connectivity index (χ1) is 9.36. The van der Waals surface area contributed by atoms with Gasteiger partial charge < -0.3 is 0 Å². The highest BCUT2D eigenvalue weighted by Gasteiger charge is 2.28. The Balaban J connectivity index is 2.34. The van der Waals surface area contributed by atoms with Crippen LogP contribution in [0.3, 0.4) is 0 Å². The maximum Gasteiger partial charge on any atom is 0.243 e. The topological polar surface area (TPSA) is 37.4 Å². The monoisotopic (exact) mass is 379 g/mol. The highest BCUT2D eigenvalue weighted by molar-refractivity contribution is 9.10. The Kier molecular flexibility index (Phi) is 5.16. The molecule has 0 amide bonds. The van der Waals surface area contributed by atoms with E-state index in [-0.39, 0.29) is 0 Å². The number of hydrogen-bond acceptors (Lipinski definition) is 2. The van der Waals surface area contributed by atoms with Gasteiger partial charge in [0.15, 0.2) is 0 Å². The number of alkyl halides is 1. The van der Waals surface area contributed by atoms with Crippen LogP contribution >= 0.6 is 27.5 Å². The van der Waals surface area contributed by atoms with Crippen molar-refractivity contribution in [3.05, 3.63) is 27.7 Å². The van der Waals surface area contributed by atoms with Crippen molar-refractivity contribution in [2.75, 3.05) is 13.6 Å². The first kappa shape index (κ1) is 16.3. The van der Waals surface area contributed by atoms with Gasteiger partial charge in [-0.15, -0.1) is 11.6 Å². The fraction of sp³-hybridized carbons (Fsp3) is 0.571. The number of halogens is 2. The van der Waals surface area contributed by atoms with Gasteiger partial charge in [0.05, 0.1) is 4.90 Å². The van der Waals surface area contributed by atoms with Crippen LogP contribution < -0.4 is 0 Å². The Hall–Kier alpha value is -0.100. The average molecular weight is 381 g/mol. The number of rotatable bonds is 5. The SMILES string of the molecule is Cc1c(Br)cc(CCl)cc1S(=O)(=O)N(C)CC1CCC1. The van der Waals surface area contributed by atoms with Crippen molar-refractivity contribution < 1.29 is 8.42 Å². The van der Waals surface area contributed by atoms with Crippen LogP contribution in [0, 0.1) is 12.8 Å². The second-order valence-corrected chi connectivity index (χ2v) is 8.55. The third-order valence-corrected chi connectivity index (χ3v) is 7.02. The van der Waals surface area contributed by atoms with Gasteiger partial charge in [0.25, 0.3) is 0 Å². The first-order valence-corrected chi connectivity index (χ1v) is 9.44. The van der Waals surface area contributed by atoms with Crippen molar-refractivity contribution in [1.82, 2.24) is 4.31 Å². The first-order valence-electron chi connectivity index (χ1n) is 6.67. The smallest absolute Gasteiger partial charge is 0.207 e. The lowest BCUT2D eigenvalue weighted by Gasteiger charge is -2.30. The van der Waals surface area contributed by atoms with E-state index < -0.39 is 10.0 Å². The zero-order valence-electron chi connectivity index (χ0n) is 11.7. The van der Waals surface area contributed by atoms with E-state index in [4.69, 9.17) is 11.6 Å². The maximum absolute atomic E-state index is 12.7. The van der Waals surface area contributed by atoms with E-state index >= 15 is 0 Å². The molecule has 0 atom stereocenters. The predicted molar refractivity (Wildman–Crippen MR) is 85.6 cm³/mol. The van der Waals surface area contributed by atoms with Crippen LogP contribution in [0.4, 0.5) is 0 Å². The number of sulfonamides is 1. The Bertz CT molecular complexity index is 599. The molecule has 1 aromatic rings. The summed E-state index contributed by atoms with van der Waals surface area (Å²) in [4.78, 5) is 0.351. The van der Waals surface area contributed by atoms with Gasteiger partial charge in [0, 0.05) is 23.9 Å². The molecule has 1 aromatic carbocycles. The summed E-state index contributed by atoms with van der Waals surface area (Å²) in [5, 5.41) is 0. The molecule has 1 fully saturated rings. The van der Waals surface area contributed by atoms with Crippen LogP contribution in [-0.2, 0) is 15.9 Å². The molecule has 0 heterocycles. The number of benzene rings is 1. The molecule has 6 heteroatoms. The van der Waals surface area contributed by atoms with Crippen molar-refractivity contribution in [2.24, 2.45) is 5.92 Å². The Morgan fingerprint density at radius 1 is 1.40 bits per heavy atom. The lowest BCUT2D eigenvalue weighted by atomic mass is 9.86. The van der Waals surface area contributed by atoms with Crippen LogP contribution in [0.5, 0.6) is 0 Å². The fourth-order valence-electron chi connectivity index (χ4n) is 2.36. The molecule has 0 radical (unpaired) electrons. The molecule has 2 rings (SSSR count). The summed E-state index contributed by atoms with van der Waals surface area (Å²) >= 11 is 9.25. The molecular formula is C14H19BrClNO2S. The van der Waals surface area contributed by atoms with Gasteiger partial charge in [-0.05, 0) is 48.9 Å². The maximum atomic E-state index is 12.7. The minimum absolute atomic E-state index is 0.299. The van der Waals surface area contributed by atoms with Gasteiger partial charge in [-0.2, -0.15) is 0 Å². The normalized spacial score (nSPS) is 16.4. The molecular weight excluding hydrogens is 362 g/mol. The van der Waals surface area contributed by atoms with Gasteiger partial charge in [0.2, 0.25) is 10.0 Å². The van der Waals surface area contributed by atoms with Gasteiger partial charge in [-0.1, -0.05) is 22.4 Å². The van der Waals surface area contributed by atoms with E-state index in [1.165, 1.54) is 10.7 Å². The highest BCUT2D eigenvalue weighted by Crippen LogP contribution is 2.31. The zero-order chi connectivity index (χ0) is 14.9. The van der Waals surface area contributed by atoms with E-state index in [2.05, 4.69) is 15.9 Å². The summed E-state index contributed by atoms with van der Waals surface area (Å²) in [5.41, 5.74) is 1.54. The molecule has 0 N–H and O–H groups in total. The van der Waals surface area contributed by atoms with Crippen LogP contribution in [0.1, 0.15) is 30.4 Å². The number of hydrogen-bond donors (Lipinski definition) is 0. The third kappa shape index (κ3) is 3.21. The standard InChI is InChI=1S/C14H19BrClNO2S/c1-10-13(15)6-12(8-16)7-14(10)20(18,19)17(2)9-11-4-3-5-11/h6-7,11H,3-5,8-9H2,1-2H3. The summed E-state index contributed by atoms with van der Waals surface area (Å²) in [6.45, 7) is 2.41. The average Bonchev–Trinajstić information content (AvgIpc) is 2.36. The van der Waals surface area contributed by atoms with Crippen molar-refractivity contribution in [3.63, 3.8) is 0 Å². The summed E-state index contributed by atoms with van der Waals surface area (Å²) < 4.78 is 27.7.